The van der Waals surface area contributed by atoms with Crippen LogP contribution in [-0.2, 0) is 4.79 Å². The Morgan fingerprint density at radius 3 is 2.65 bits per heavy atom. The second-order valence-corrected chi connectivity index (χ2v) is 5.22. The number of piperidine rings is 1. The molecule has 2 rings (SSSR count). The van der Waals surface area contributed by atoms with E-state index < -0.39 is 0 Å². The molecule has 2 N–H and O–H groups in total. The van der Waals surface area contributed by atoms with Gasteiger partial charge in [0.25, 0.3) is 0 Å². The Labute approximate surface area is 130 Å². The van der Waals surface area contributed by atoms with Crippen LogP contribution >= 0.6 is 24.0 Å². The first-order valence-corrected chi connectivity index (χ1v) is 6.85. The minimum Gasteiger partial charge on any atom is -0.495 e. The Kier molecular flexibility index (Phi) is 6.59. The van der Waals surface area contributed by atoms with E-state index in [1.54, 1.807) is 13.2 Å². The van der Waals surface area contributed by atoms with Crippen LogP contribution in [0.25, 0.3) is 0 Å². The molecule has 0 aromatic heterocycles. The molecule has 1 heterocycles. The van der Waals surface area contributed by atoms with Gasteiger partial charge in [0.15, 0.2) is 0 Å². The lowest BCUT2D eigenvalue weighted by Crippen LogP contribution is -2.34. The summed E-state index contributed by atoms with van der Waals surface area (Å²) in [7, 11) is 1.57. The van der Waals surface area contributed by atoms with E-state index in [4.69, 9.17) is 16.3 Å². The minimum atomic E-state index is 0. The molecule has 1 aromatic rings. The van der Waals surface area contributed by atoms with Gasteiger partial charge in [0, 0.05) is 17.0 Å². The molecule has 1 aliphatic rings. The fraction of sp³-hybridized carbons (Fsp3) is 0.500. The van der Waals surface area contributed by atoms with Gasteiger partial charge < -0.3 is 15.4 Å². The molecule has 1 amide bonds. The number of carbonyl (C=O) groups excluding carboxylic acids is 1. The van der Waals surface area contributed by atoms with Gasteiger partial charge in [-0.25, -0.2) is 0 Å². The molecule has 20 heavy (non-hydrogen) atoms. The smallest absolute Gasteiger partial charge is 0.227 e. The summed E-state index contributed by atoms with van der Waals surface area (Å²) in [6, 6.07) is 3.58. The normalized spacial score (nSPS) is 15.3. The highest BCUT2D eigenvalue weighted by Gasteiger charge is 2.22. The molecular weight excluding hydrogens is 299 g/mol. The van der Waals surface area contributed by atoms with Crippen molar-refractivity contribution in [3.05, 3.63) is 22.7 Å². The summed E-state index contributed by atoms with van der Waals surface area (Å²) >= 11 is 6.05. The monoisotopic (exact) mass is 318 g/mol. The first kappa shape index (κ1) is 17.1. The van der Waals surface area contributed by atoms with E-state index in [0.29, 0.717) is 16.5 Å². The Hall–Kier alpha value is -0.970. The zero-order valence-electron chi connectivity index (χ0n) is 11.7. The Balaban J connectivity index is 0.00000200. The molecule has 1 saturated heterocycles. The standard InChI is InChI=1S/C14H19ClN2O2.ClH/c1-9-7-12(13(19-2)8-11(9)15)17-14(18)10-3-5-16-6-4-10;/h7-8,10,16H,3-6H2,1-2H3,(H,17,18);1H. The van der Waals surface area contributed by atoms with E-state index >= 15 is 0 Å². The maximum Gasteiger partial charge on any atom is 0.227 e. The maximum absolute atomic E-state index is 12.2. The van der Waals surface area contributed by atoms with Crippen molar-refractivity contribution in [2.24, 2.45) is 5.92 Å². The largest absolute Gasteiger partial charge is 0.495 e. The average molecular weight is 319 g/mol. The summed E-state index contributed by atoms with van der Waals surface area (Å²) in [6.45, 7) is 3.70. The molecule has 0 bridgehead atoms. The topological polar surface area (TPSA) is 50.4 Å². The summed E-state index contributed by atoms with van der Waals surface area (Å²) in [5.41, 5.74) is 1.61. The number of rotatable bonds is 3. The van der Waals surface area contributed by atoms with E-state index in [2.05, 4.69) is 10.6 Å². The Morgan fingerprint density at radius 1 is 1.40 bits per heavy atom. The third-order valence-electron chi connectivity index (χ3n) is 3.45. The third-order valence-corrected chi connectivity index (χ3v) is 3.86. The number of amides is 1. The van der Waals surface area contributed by atoms with Gasteiger partial charge in [0.2, 0.25) is 5.91 Å². The van der Waals surface area contributed by atoms with Crippen LogP contribution in [0.1, 0.15) is 18.4 Å². The van der Waals surface area contributed by atoms with Gasteiger partial charge in [-0.15, -0.1) is 12.4 Å². The average Bonchev–Trinajstić information content (AvgIpc) is 2.43. The summed E-state index contributed by atoms with van der Waals surface area (Å²) in [5.74, 6) is 0.723. The van der Waals surface area contributed by atoms with Gasteiger partial charge >= 0.3 is 0 Å². The molecule has 1 fully saturated rings. The number of carbonyl (C=O) groups is 1. The van der Waals surface area contributed by atoms with Crippen LogP contribution in [0.2, 0.25) is 5.02 Å². The van der Waals surface area contributed by atoms with Crippen LogP contribution in [0.5, 0.6) is 5.75 Å². The lowest BCUT2D eigenvalue weighted by atomic mass is 9.97. The molecule has 1 aliphatic heterocycles. The molecule has 112 valence electrons. The number of halogens is 2. The fourth-order valence-corrected chi connectivity index (χ4v) is 2.40. The van der Waals surface area contributed by atoms with Crippen molar-refractivity contribution in [1.82, 2.24) is 5.32 Å². The number of benzene rings is 1. The molecule has 0 radical (unpaired) electrons. The molecule has 1 aromatic carbocycles. The van der Waals surface area contributed by atoms with Crippen LogP contribution in [0.4, 0.5) is 5.69 Å². The molecule has 0 spiro atoms. The minimum absolute atomic E-state index is 0. The van der Waals surface area contributed by atoms with E-state index in [1.807, 2.05) is 13.0 Å². The van der Waals surface area contributed by atoms with Crippen LogP contribution in [0.3, 0.4) is 0 Å². The summed E-state index contributed by atoms with van der Waals surface area (Å²) < 4.78 is 5.26. The van der Waals surface area contributed by atoms with Crippen LogP contribution in [-0.4, -0.2) is 26.1 Å². The van der Waals surface area contributed by atoms with Crippen molar-refractivity contribution < 1.29 is 9.53 Å². The maximum atomic E-state index is 12.2. The molecule has 0 atom stereocenters. The number of nitrogens with one attached hydrogen (secondary N) is 2. The van der Waals surface area contributed by atoms with Crippen molar-refractivity contribution in [2.75, 3.05) is 25.5 Å². The molecular formula is C14H20Cl2N2O2. The zero-order valence-corrected chi connectivity index (χ0v) is 13.2. The molecule has 0 unspecified atom stereocenters. The molecule has 0 saturated carbocycles. The van der Waals surface area contributed by atoms with Crippen LogP contribution in [0.15, 0.2) is 12.1 Å². The second-order valence-electron chi connectivity index (χ2n) is 4.82. The van der Waals surface area contributed by atoms with Crippen molar-refractivity contribution in [2.45, 2.75) is 19.8 Å². The number of methoxy groups -OCH3 is 1. The van der Waals surface area contributed by atoms with Crippen molar-refractivity contribution >= 4 is 35.6 Å². The molecule has 0 aliphatic carbocycles. The Morgan fingerprint density at radius 2 is 2.05 bits per heavy atom. The lowest BCUT2D eigenvalue weighted by molar-refractivity contribution is -0.120. The Bertz CT molecular complexity index is 474. The lowest BCUT2D eigenvalue weighted by Gasteiger charge is -2.22. The van der Waals surface area contributed by atoms with Crippen molar-refractivity contribution in [3.63, 3.8) is 0 Å². The highest BCUT2D eigenvalue weighted by Crippen LogP contribution is 2.31. The predicted molar refractivity (Wildman–Crippen MR) is 84.2 cm³/mol. The van der Waals surface area contributed by atoms with Crippen molar-refractivity contribution in [3.8, 4) is 5.75 Å². The number of hydrogen-bond donors (Lipinski definition) is 2. The van der Waals surface area contributed by atoms with Crippen molar-refractivity contribution in [1.29, 1.82) is 0 Å². The zero-order chi connectivity index (χ0) is 13.8. The highest BCUT2D eigenvalue weighted by atomic mass is 35.5. The van der Waals surface area contributed by atoms with E-state index in [9.17, 15) is 4.79 Å². The van der Waals surface area contributed by atoms with E-state index in [1.165, 1.54) is 0 Å². The predicted octanol–water partition coefficient (Wildman–Crippen LogP) is 3.02. The van der Waals surface area contributed by atoms with Crippen LogP contribution < -0.4 is 15.4 Å². The van der Waals surface area contributed by atoms with Gasteiger partial charge in [-0.05, 0) is 44.5 Å². The van der Waals surface area contributed by atoms with Crippen LogP contribution in [0, 0.1) is 12.8 Å². The van der Waals surface area contributed by atoms with Gasteiger partial charge in [0.05, 0.1) is 12.8 Å². The van der Waals surface area contributed by atoms with Gasteiger partial charge in [-0.3, -0.25) is 4.79 Å². The number of ether oxygens (including phenoxy) is 1. The van der Waals surface area contributed by atoms with E-state index in [-0.39, 0.29) is 24.2 Å². The van der Waals surface area contributed by atoms with E-state index in [0.717, 1.165) is 31.5 Å². The molecule has 6 heteroatoms. The second kappa shape index (κ2) is 7.72. The van der Waals surface area contributed by atoms with Gasteiger partial charge in [-0.2, -0.15) is 0 Å². The number of anilines is 1. The summed E-state index contributed by atoms with van der Waals surface area (Å²) in [4.78, 5) is 12.2. The molecule has 4 nitrogen and oxygen atoms in total. The summed E-state index contributed by atoms with van der Waals surface area (Å²) in [5, 5.41) is 6.84. The van der Waals surface area contributed by atoms with Gasteiger partial charge in [-0.1, -0.05) is 11.6 Å². The third kappa shape index (κ3) is 4.01. The first-order chi connectivity index (χ1) is 9.11. The number of hydrogen-bond acceptors (Lipinski definition) is 3. The quantitative estimate of drug-likeness (QED) is 0.900. The SMILES string of the molecule is COc1cc(Cl)c(C)cc1NC(=O)C1CCNCC1.Cl. The fourth-order valence-electron chi connectivity index (χ4n) is 2.25. The van der Waals surface area contributed by atoms with Gasteiger partial charge in [0.1, 0.15) is 5.75 Å². The number of aryl methyl sites for hydroxylation is 1. The first-order valence-electron chi connectivity index (χ1n) is 6.47. The summed E-state index contributed by atoms with van der Waals surface area (Å²) in [6.07, 6.45) is 1.75. The highest BCUT2D eigenvalue weighted by molar-refractivity contribution is 6.31.